The van der Waals surface area contributed by atoms with Gasteiger partial charge in [0.15, 0.2) is 5.60 Å². The highest BCUT2D eigenvalue weighted by Crippen LogP contribution is 2.32. The zero-order chi connectivity index (χ0) is 27.5. The van der Waals surface area contributed by atoms with Crippen LogP contribution in [0.4, 0.5) is 13.2 Å². The van der Waals surface area contributed by atoms with Gasteiger partial charge in [-0.05, 0) is 99.8 Å². The number of carboxylic acid groups (broad SMARTS) is 1. The molecule has 3 rings (SSSR count). The number of hydrogen-bond donors (Lipinski definition) is 2. The molecule has 0 radical (unpaired) electrons. The molecule has 0 fully saturated rings. The summed E-state index contributed by atoms with van der Waals surface area (Å²) < 4.78 is 50.3. The van der Waals surface area contributed by atoms with E-state index in [0.717, 1.165) is 17.7 Å². The Morgan fingerprint density at radius 3 is 2.19 bits per heavy atom. The molecule has 6 nitrogen and oxygen atoms in total. The molecule has 0 aliphatic rings. The van der Waals surface area contributed by atoms with Gasteiger partial charge in [0.25, 0.3) is 5.91 Å². The molecule has 0 saturated heterocycles. The summed E-state index contributed by atoms with van der Waals surface area (Å²) in [5.41, 5.74) is -0.381. The van der Waals surface area contributed by atoms with Gasteiger partial charge >= 0.3 is 12.1 Å². The van der Waals surface area contributed by atoms with Crippen LogP contribution in [0.2, 0.25) is 0 Å². The SMILES string of the molecule is Cc1cc(Oc2cccc([C@@H](C)NC(=O)c3ccc(C(F)(F)F)cc3C)c2)ccc1OC(C)(C)C(=O)O. The first-order valence-electron chi connectivity index (χ1n) is 11.5. The van der Waals surface area contributed by atoms with E-state index in [9.17, 15) is 27.9 Å². The molecule has 9 heteroatoms. The molecule has 0 bridgehead atoms. The average molecular weight is 516 g/mol. The molecule has 1 amide bonds. The zero-order valence-corrected chi connectivity index (χ0v) is 21.1. The normalized spacial score (nSPS) is 12.5. The highest BCUT2D eigenvalue weighted by atomic mass is 19.4. The Labute approximate surface area is 213 Å². The Hall–Kier alpha value is -4.01. The number of rotatable bonds is 8. The topological polar surface area (TPSA) is 84.9 Å². The molecule has 0 saturated carbocycles. The van der Waals surface area contributed by atoms with Crippen molar-refractivity contribution in [3.8, 4) is 17.2 Å². The van der Waals surface area contributed by atoms with Crippen LogP contribution >= 0.6 is 0 Å². The predicted molar refractivity (Wildman–Crippen MR) is 132 cm³/mol. The minimum atomic E-state index is -4.48. The third kappa shape index (κ3) is 6.81. The van der Waals surface area contributed by atoms with E-state index < -0.39 is 35.3 Å². The molecule has 3 aromatic carbocycles. The lowest BCUT2D eigenvalue weighted by Crippen LogP contribution is -2.38. The van der Waals surface area contributed by atoms with Crippen molar-refractivity contribution in [2.75, 3.05) is 0 Å². The van der Waals surface area contributed by atoms with Crippen LogP contribution < -0.4 is 14.8 Å². The summed E-state index contributed by atoms with van der Waals surface area (Å²) in [6, 6.07) is 14.6. The van der Waals surface area contributed by atoms with E-state index in [-0.39, 0.29) is 11.1 Å². The molecule has 0 aliphatic carbocycles. The van der Waals surface area contributed by atoms with Gasteiger partial charge in [-0.25, -0.2) is 4.79 Å². The van der Waals surface area contributed by atoms with Crippen molar-refractivity contribution in [3.05, 3.63) is 88.5 Å². The standard InChI is InChI=1S/C28H28F3NO5/c1-16-13-20(28(29,30)31)9-11-23(16)25(33)32-18(3)19-7-6-8-21(15-19)36-22-10-12-24(17(2)14-22)37-27(4,5)26(34)35/h6-15,18H,1-5H3,(H,32,33)(H,34,35)/t18-/m1/s1. The van der Waals surface area contributed by atoms with Gasteiger partial charge in [-0.1, -0.05) is 12.1 Å². The summed E-state index contributed by atoms with van der Waals surface area (Å²) in [5, 5.41) is 12.1. The number of nitrogens with one attached hydrogen (secondary N) is 1. The van der Waals surface area contributed by atoms with Gasteiger partial charge in [0.05, 0.1) is 11.6 Å². The van der Waals surface area contributed by atoms with Crippen LogP contribution in [0.3, 0.4) is 0 Å². The summed E-state index contributed by atoms with van der Waals surface area (Å²) in [6.45, 7) is 7.92. The predicted octanol–water partition coefficient (Wildman–Crippen LogP) is 6.85. The van der Waals surface area contributed by atoms with Crippen molar-refractivity contribution in [3.63, 3.8) is 0 Å². The van der Waals surface area contributed by atoms with E-state index in [2.05, 4.69) is 5.32 Å². The van der Waals surface area contributed by atoms with E-state index in [1.807, 2.05) is 0 Å². The molecule has 2 N–H and O–H groups in total. The van der Waals surface area contributed by atoms with Crippen LogP contribution in [0.15, 0.2) is 60.7 Å². The van der Waals surface area contributed by atoms with Crippen molar-refractivity contribution in [1.82, 2.24) is 5.32 Å². The van der Waals surface area contributed by atoms with Crippen LogP contribution in [0, 0.1) is 13.8 Å². The highest BCUT2D eigenvalue weighted by molar-refractivity contribution is 5.96. The number of benzene rings is 3. The maximum absolute atomic E-state index is 12.9. The van der Waals surface area contributed by atoms with Crippen molar-refractivity contribution >= 4 is 11.9 Å². The van der Waals surface area contributed by atoms with E-state index in [1.165, 1.54) is 26.8 Å². The highest BCUT2D eigenvalue weighted by Gasteiger charge is 2.31. The number of ether oxygens (including phenoxy) is 2. The third-order valence-corrected chi connectivity index (χ3v) is 5.77. The van der Waals surface area contributed by atoms with Crippen LogP contribution in [0.5, 0.6) is 17.2 Å². The second-order valence-corrected chi connectivity index (χ2v) is 9.24. The van der Waals surface area contributed by atoms with Gasteiger partial charge in [-0.3, -0.25) is 4.79 Å². The van der Waals surface area contributed by atoms with Gasteiger partial charge in [-0.15, -0.1) is 0 Å². The van der Waals surface area contributed by atoms with E-state index in [4.69, 9.17) is 9.47 Å². The Kier molecular flexibility index (Phi) is 7.86. The summed E-state index contributed by atoms with van der Waals surface area (Å²) in [7, 11) is 0. The molecule has 1 atom stereocenters. The fraction of sp³-hybridized carbons (Fsp3) is 0.286. The number of alkyl halides is 3. The third-order valence-electron chi connectivity index (χ3n) is 5.77. The van der Waals surface area contributed by atoms with Crippen molar-refractivity contribution in [1.29, 1.82) is 0 Å². The summed E-state index contributed by atoms with van der Waals surface area (Å²) >= 11 is 0. The van der Waals surface area contributed by atoms with Gasteiger partial charge < -0.3 is 19.9 Å². The van der Waals surface area contributed by atoms with Gasteiger partial charge in [0.1, 0.15) is 17.2 Å². The van der Waals surface area contributed by atoms with Crippen molar-refractivity contribution in [2.24, 2.45) is 0 Å². The fourth-order valence-corrected chi connectivity index (χ4v) is 3.55. The Morgan fingerprint density at radius 2 is 1.59 bits per heavy atom. The minimum absolute atomic E-state index is 0.163. The second kappa shape index (κ2) is 10.5. The van der Waals surface area contributed by atoms with Crippen molar-refractivity contribution in [2.45, 2.75) is 52.4 Å². The summed E-state index contributed by atoms with van der Waals surface area (Å²) in [6.07, 6.45) is -4.48. The minimum Gasteiger partial charge on any atom is -0.478 e. The first kappa shape index (κ1) is 27.6. The quantitative estimate of drug-likeness (QED) is 0.343. The number of aryl methyl sites for hydroxylation is 2. The summed E-state index contributed by atoms with van der Waals surface area (Å²) in [5.74, 6) is -0.141. The van der Waals surface area contributed by atoms with Gasteiger partial charge in [0.2, 0.25) is 0 Å². The number of carbonyl (C=O) groups is 2. The number of carboxylic acids is 1. The van der Waals surface area contributed by atoms with Crippen LogP contribution in [-0.2, 0) is 11.0 Å². The van der Waals surface area contributed by atoms with Gasteiger partial charge in [0, 0.05) is 5.56 Å². The van der Waals surface area contributed by atoms with E-state index in [1.54, 1.807) is 56.3 Å². The smallest absolute Gasteiger partial charge is 0.416 e. The number of aliphatic carboxylic acids is 1. The Morgan fingerprint density at radius 1 is 0.919 bits per heavy atom. The molecule has 0 heterocycles. The van der Waals surface area contributed by atoms with Gasteiger partial charge in [-0.2, -0.15) is 13.2 Å². The van der Waals surface area contributed by atoms with E-state index >= 15 is 0 Å². The second-order valence-electron chi connectivity index (χ2n) is 9.24. The lowest BCUT2D eigenvalue weighted by atomic mass is 10.0. The number of hydrogen-bond acceptors (Lipinski definition) is 4. The number of amides is 1. The molecule has 0 unspecified atom stereocenters. The van der Waals surface area contributed by atoms with Crippen LogP contribution in [0.25, 0.3) is 0 Å². The first-order chi connectivity index (χ1) is 17.2. The maximum Gasteiger partial charge on any atom is 0.416 e. The molecule has 196 valence electrons. The lowest BCUT2D eigenvalue weighted by Gasteiger charge is -2.23. The maximum atomic E-state index is 12.9. The fourth-order valence-electron chi connectivity index (χ4n) is 3.55. The molecule has 0 aliphatic heterocycles. The number of halogens is 3. The zero-order valence-electron chi connectivity index (χ0n) is 21.1. The monoisotopic (exact) mass is 515 g/mol. The Balaban J connectivity index is 1.71. The average Bonchev–Trinajstić information content (AvgIpc) is 2.80. The Bertz CT molecular complexity index is 1320. The van der Waals surface area contributed by atoms with Crippen LogP contribution in [0.1, 0.15) is 59.4 Å². The lowest BCUT2D eigenvalue weighted by molar-refractivity contribution is -0.152. The molecule has 0 aromatic heterocycles. The largest absolute Gasteiger partial charge is 0.478 e. The summed E-state index contributed by atoms with van der Waals surface area (Å²) in [4.78, 5) is 24.1. The molecular formula is C28H28F3NO5. The molecule has 37 heavy (non-hydrogen) atoms. The van der Waals surface area contributed by atoms with E-state index in [0.29, 0.717) is 22.8 Å². The number of carbonyl (C=O) groups excluding carboxylic acids is 1. The molecular weight excluding hydrogens is 487 g/mol. The first-order valence-corrected chi connectivity index (χ1v) is 11.5. The van der Waals surface area contributed by atoms with Crippen LogP contribution in [-0.4, -0.2) is 22.6 Å². The molecule has 3 aromatic rings. The van der Waals surface area contributed by atoms with Crippen molar-refractivity contribution < 1.29 is 37.3 Å². The molecule has 0 spiro atoms.